The van der Waals surface area contributed by atoms with Crippen LogP contribution in [0.4, 0.5) is 0 Å². The first-order valence-corrected chi connectivity index (χ1v) is 7.47. The molecule has 0 bridgehead atoms. The monoisotopic (exact) mass is 368 g/mol. The van der Waals surface area contributed by atoms with Crippen LogP contribution < -0.4 is 4.74 Å². The molecule has 1 N–H and O–H groups in total. The molecular formula is C16H14BrClO3. The van der Waals surface area contributed by atoms with Gasteiger partial charge in [0, 0.05) is 15.1 Å². The lowest BCUT2D eigenvalue weighted by molar-refractivity contribution is 0.0696. The normalized spacial score (nSPS) is 10.5. The Balaban J connectivity index is 2.15. The molecule has 0 fully saturated rings. The van der Waals surface area contributed by atoms with Gasteiger partial charge in [0.1, 0.15) is 12.4 Å². The van der Waals surface area contributed by atoms with Crippen LogP contribution in [0, 0.1) is 13.8 Å². The second-order valence-electron chi connectivity index (χ2n) is 4.77. The summed E-state index contributed by atoms with van der Waals surface area (Å²) >= 11 is 9.49. The summed E-state index contributed by atoms with van der Waals surface area (Å²) in [4.78, 5) is 10.9. The minimum Gasteiger partial charge on any atom is -0.489 e. The summed E-state index contributed by atoms with van der Waals surface area (Å²) in [5.41, 5.74) is 3.05. The van der Waals surface area contributed by atoms with Crippen molar-refractivity contribution in [3.8, 4) is 5.75 Å². The van der Waals surface area contributed by atoms with Crippen molar-refractivity contribution in [2.45, 2.75) is 20.5 Å². The Morgan fingerprint density at radius 2 is 1.86 bits per heavy atom. The number of hydrogen-bond acceptors (Lipinski definition) is 2. The van der Waals surface area contributed by atoms with Gasteiger partial charge >= 0.3 is 5.97 Å². The first-order valence-electron chi connectivity index (χ1n) is 6.29. The molecule has 2 rings (SSSR count). The number of aromatic carboxylic acids is 1. The molecule has 0 heterocycles. The highest BCUT2D eigenvalue weighted by molar-refractivity contribution is 9.10. The van der Waals surface area contributed by atoms with Crippen LogP contribution >= 0.6 is 27.5 Å². The minimum atomic E-state index is -0.952. The summed E-state index contributed by atoms with van der Waals surface area (Å²) in [6.45, 7) is 4.21. The van der Waals surface area contributed by atoms with Crippen molar-refractivity contribution in [2.24, 2.45) is 0 Å². The van der Waals surface area contributed by atoms with Crippen molar-refractivity contribution in [3.63, 3.8) is 0 Å². The number of halogens is 2. The number of carbonyl (C=O) groups is 1. The second kappa shape index (κ2) is 6.50. The number of rotatable bonds is 4. The molecule has 0 atom stereocenters. The molecule has 0 unspecified atom stereocenters. The summed E-state index contributed by atoms with van der Waals surface area (Å²) < 4.78 is 6.47. The Morgan fingerprint density at radius 3 is 2.38 bits per heavy atom. The molecular weight excluding hydrogens is 356 g/mol. The van der Waals surface area contributed by atoms with E-state index in [0.29, 0.717) is 11.1 Å². The maximum absolute atomic E-state index is 10.9. The van der Waals surface area contributed by atoms with E-state index in [1.165, 1.54) is 0 Å². The van der Waals surface area contributed by atoms with Gasteiger partial charge in [-0.1, -0.05) is 33.6 Å². The molecule has 2 aromatic carbocycles. The fourth-order valence-electron chi connectivity index (χ4n) is 1.95. The zero-order valence-corrected chi connectivity index (χ0v) is 14.0. The van der Waals surface area contributed by atoms with Crippen LogP contribution in [0.5, 0.6) is 5.75 Å². The first-order chi connectivity index (χ1) is 9.88. The van der Waals surface area contributed by atoms with E-state index in [4.69, 9.17) is 21.4 Å². The van der Waals surface area contributed by atoms with E-state index in [1.54, 1.807) is 18.2 Å². The van der Waals surface area contributed by atoms with Crippen LogP contribution in [0.3, 0.4) is 0 Å². The summed E-state index contributed by atoms with van der Waals surface area (Å²) in [7, 11) is 0. The van der Waals surface area contributed by atoms with Crippen molar-refractivity contribution in [1.29, 1.82) is 0 Å². The van der Waals surface area contributed by atoms with E-state index < -0.39 is 5.97 Å². The number of ether oxygens (including phenoxy) is 1. The van der Waals surface area contributed by atoms with E-state index in [2.05, 4.69) is 15.9 Å². The van der Waals surface area contributed by atoms with Gasteiger partial charge in [-0.25, -0.2) is 4.79 Å². The average Bonchev–Trinajstić information content (AvgIpc) is 2.43. The average molecular weight is 370 g/mol. The lowest BCUT2D eigenvalue weighted by atomic mass is 10.1. The van der Waals surface area contributed by atoms with E-state index in [1.807, 2.05) is 26.0 Å². The number of carboxylic acid groups (broad SMARTS) is 1. The molecule has 0 radical (unpaired) electrons. The molecule has 2 aromatic rings. The standard InChI is InChI=1S/C16H14BrClO3/c1-9-5-13(6-10(2)15(9)18)21-8-12-4-3-11(16(19)20)7-14(12)17/h3-7H,8H2,1-2H3,(H,19,20). The molecule has 3 nitrogen and oxygen atoms in total. The highest BCUT2D eigenvalue weighted by Crippen LogP contribution is 2.27. The molecule has 0 aliphatic heterocycles. The molecule has 0 aliphatic rings. The van der Waals surface area contributed by atoms with Crippen molar-refractivity contribution >= 4 is 33.5 Å². The number of aryl methyl sites for hydroxylation is 2. The number of benzene rings is 2. The van der Waals surface area contributed by atoms with Gasteiger partial charge < -0.3 is 9.84 Å². The van der Waals surface area contributed by atoms with Crippen LogP contribution in [0.25, 0.3) is 0 Å². The van der Waals surface area contributed by atoms with Gasteiger partial charge in [-0.05, 0) is 49.2 Å². The third-order valence-corrected chi connectivity index (χ3v) is 4.44. The summed E-state index contributed by atoms with van der Waals surface area (Å²) in [6, 6.07) is 8.64. The lowest BCUT2D eigenvalue weighted by Crippen LogP contribution is -2.01. The summed E-state index contributed by atoms with van der Waals surface area (Å²) in [6.07, 6.45) is 0. The zero-order chi connectivity index (χ0) is 15.6. The Hall–Kier alpha value is -1.52. The Morgan fingerprint density at radius 1 is 1.24 bits per heavy atom. The van der Waals surface area contributed by atoms with E-state index in [-0.39, 0.29) is 5.56 Å². The molecule has 0 saturated carbocycles. The summed E-state index contributed by atoms with van der Waals surface area (Å²) in [5.74, 6) is -0.212. The fraction of sp³-hybridized carbons (Fsp3) is 0.188. The summed E-state index contributed by atoms with van der Waals surface area (Å²) in [5, 5.41) is 9.68. The van der Waals surface area contributed by atoms with Crippen LogP contribution in [-0.2, 0) is 6.61 Å². The van der Waals surface area contributed by atoms with E-state index in [0.717, 1.165) is 27.5 Å². The van der Waals surface area contributed by atoms with Crippen LogP contribution in [-0.4, -0.2) is 11.1 Å². The molecule has 110 valence electrons. The van der Waals surface area contributed by atoms with Crippen LogP contribution in [0.1, 0.15) is 27.0 Å². The van der Waals surface area contributed by atoms with Gasteiger partial charge in [0.15, 0.2) is 0 Å². The largest absolute Gasteiger partial charge is 0.489 e. The molecule has 0 aliphatic carbocycles. The topological polar surface area (TPSA) is 46.5 Å². The first kappa shape index (κ1) is 15.9. The van der Waals surface area contributed by atoms with E-state index in [9.17, 15) is 4.79 Å². The third-order valence-electron chi connectivity index (χ3n) is 3.10. The van der Waals surface area contributed by atoms with Crippen LogP contribution in [0.2, 0.25) is 5.02 Å². The highest BCUT2D eigenvalue weighted by Gasteiger charge is 2.08. The molecule has 5 heteroatoms. The lowest BCUT2D eigenvalue weighted by Gasteiger charge is -2.11. The zero-order valence-electron chi connectivity index (χ0n) is 11.6. The maximum atomic E-state index is 10.9. The van der Waals surface area contributed by atoms with E-state index >= 15 is 0 Å². The van der Waals surface area contributed by atoms with Gasteiger partial charge in [0.2, 0.25) is 0 Å². The number of carboxylic acids is 1. The SMILES string of the molecule is Cc1cc(OCc2ccc(C(=O)O)cc2Br)cc(C)c1Cl. The predicted molar refractivity (Wildman–Crippen MR) is 86.4 cm³/mol. The fourth-order valence-corrected chi connectivity index (χ4v) is 2.55. The Bertz CT molecular complexity index is 675. The Kier molecular flexibility index (Phi) is 4.91. The molecule has 0 saturated heterocycles. The van der Waals surface area contributed by atoms with Crippen LogP contribution in [0.15, 0.2) is 34.8 Å². The Labute approximate surface area is 136 Å². The molecule has 0 spiro atoms. The van der Waals surface area contributed by atoms with Crippen molar-refractivity contribution in [2.75, 3.05) is 0 Å². The maximum Gasteiger partial charge on any atom is 0.335 e. The van der Waals surface area contributed by atoms with Gasteiger partial charge in [-0.2, -0.15) is 0 Å². The number of hydrogen-bond donors (Lipinski definition) is 1. The van der Waals surface area contributed by atoms with Crippen molar-refractivity contribution in [3.05, 3.63) is 62.1 Å². The van der Waals surface area contributed by atoms with Crippen molar-refractivity contribution in [1.82, 2.24) is 0 Å². The van der Waals surface area contributed by atoms with Crippen molar-refractivity contribution < 1.29 is 14.6 Å². The highest BCUT2D eigenvalue weighted by atomic mass is 79.9. The van der Waals surface area contributed by atoms with Gasteiger partial charge in [0.05, 0.1) is 5.56 Å². The molecule has 0 aromatic heterocycles. The minimum absolute atomic E-state index is 0.240. The second-order valence-corrected chi connectivity index (χ2v) is 6.00. The smallest absolute Gasteiger partial charge is 0.335 e. The van der Waals surface area contributed by atoms with Gasteiger partial charge in [-0.15, -0.1) is 0 Å². The predicted octanol–water partition coefficient (Wildman–Crippen LogP) is 5.00. The van der Waals surface area contributed by atoms with Gasteiger partial charge in [-0.3, -0.25) is 0 Å². The quantitative estimate of drug-likeness (QED) is 0.825. The third kappa shape index (κ3) is 3.77. The molecule has 0 amide bonds. The van der Waals surface area contributed by atoms with Gasteiger partial charge in [0.25, 0.3) is 0 Å². The molecule has 21 heavy (non-hydrogen) atoms.